The van der Waals surface area contributed by atoms with E-state index >= 15 is 0 Å². The van der Waals surface area contributed by atoms with Gasteiger partial charge < -0.3 is 4.90 Å². The van der Waals surface area contributed by atoms with Crippen LogP contribution in [0.1, 0.15) is 15.9 Å². The van der Waals surface area contributed by atoms with Crippen LogP contribution in [0.3, 0.4) is 0 Å². The SMILES string of the molecule is CN(Cc1ccccc1)C(=O)c1c(Cl)ccc(Cl)c1Cl. The maximum Gasteiger partial charge on any atom is 0.256 e. The summed E-state index contributed by atoms with van der Waals surface area (Å²) in [6.07, 6.45) is 0. The van der Waals surface area contributed by atoms with E-state index in [1.807, 2.05) is 30.3 Å². The lowest BCUT2D eigenvalue weighted by Crippen LogP contribution is -2.26. The predicted molar refractivity (Wildman–Crippen MR) is 83.7 cm³/mol. The number of halogens is 3. The molecule has 0 saturated heterocycles. The van der Waals surface area contributed by atoms with E-state index < -0.39 is 0 Å². The Morgan fingerprint density at radius 3 is 2.25 bits per heavy atom. The summed E-state index contributed by atoms with van der Waals surface area (Å²) in [5, 5.41) is 0.793. The number of hydrogen-bond acceptors (Lipinski definition) is 1. The molecule has 20 heavy (non-hydrogen) atoms. The van der Waals surface area contributed by atoms with Crippen LogP contribution in [0, 0.1) is 0 Å². The van der Waals surface area contributed by atoms with E-state index in [9.17, 15) is 4.79 Å². The summed E-state index contributed by atoms with van der Waals surface area (Å²) < 4.78 is 0. The van der Waals surface area contributed by atoms with Gasteiger partial charge in [-0.25, -0.2) is 0 Å². The van der Waals surface area contributed by atoms with Gasteiger partial charge in [0, 0.05) is 13.6 Å². The van der Waals surface area contributed by atoms with Gasteiger partial charge in [0.2, 0.25) is 0 Å². The number of rotatable bonds is 3. The average Bonchev–Trinajstić information content (AvgIpc) is 2.44. The maximum absolute atomic E-state index is 12.4. The average molecular weight is 329 g/mol. The summed E-state index contributed by atoms with van der Waals surface area (Å²) in [5.41, 5.74) is 1.26. The van der Waals surface area contributed by atoms with Crippen molar-refractivity contribution in [1.29, 1.82) is 0 Å². The molecule has 0 saturated carbocycles. The zero-order valence-corrected chi connectivity index (χ0v) is 13.0. The van der Waals surface area contributed by atoms with Gasteiger partial charge in [-0.05, 0) is 17.7 Å². The minimum atomic E-state index is -0.258. The summed E-state index contributed by atoms with van der Waals surface area (Å²) in [7, 11) is 1.70. The molecule has 0 aromatic heterocycles. The number of amides is 1. The highest BCUT2D eigenvalue weighted by Crippen LogP contribution is 2.32. The second-order valence-electron chi connectivity index (χ2n) is 4.37. The second-order valence-corrected chi connectivity index (χ2v) is 5.56. The van der Waals surface area contributed by atoms with Crippen LogP contribution in [-0.4, -0.2) is 17.9 Å². The molecule has 2 aromatic carbocycles. The maximum atomic E-state index is 12.4. The molecule has 0 radical (unpaired) electrons. The first kappa shape index (κ1) is 15.2. The number of benzene rings is 2. The van der Waals surface area contributed by atoms with Gasteiger partial charge in [0.15, 0.2) is 0 Å². The lowest BCUT2D eigenvalue weighted by molar-refractivity contribution is 0.0785. The van der Waals surface area contributed by atoms with Gasteiger partial charge in [-0.15, -0.1) is 0 Å². The third-order valence-electron chi connectivity index (χ3n) is 2.87. The first-order valence-corrected chi connectivity index (χ1v) is 7.07. The molecular weight excluding hydrogens is 317 g/mol. The molecule has 0 aliphatic heterocycles. The molecule has 2 rings (SSSR count). The fourth-order valence-corrected chi connectivity index (χ4v) is 2.53. The van der Waals surface area contributed by atoms with Crippen molar-refractivity contribution in [2.24, 2.45) is 0 Å². The Morgan fingerprint density at radius 1 is 1.00 bits per heavy atom. The van der Waals surface area contributed by atoms with Crippen LogP contribution in [0.5, 0.6) is 0 Å². The minimum Gasteiger partial charge on any atom is -0.337 e. The number of carbonyl (C=O) groups is 1. The number of nitrogens with zero attached hydrogens (tertiary/aromatic N) is 1. The summed E-state index contributed by atoms with van der Waals surface area (Å²) >= 11 is 18.1. The van der Waals surface area contributed by atoms with Crippen molar-refractivity contribution in [3.63, 3.8) is 0 Å². The van der Waals surface area contributed by atoms with E-state index in [0.29, 0.717) is 16.6 Å². The van der Waals surface area contributed by atoms with Crippen molar-refractivity contribution < 1.29 is 4.79 Å². The summed E-state index contributed by atoms with van der Waals surface area (Å²) in [6.45, 7) is 0.471. The fourth-order valence-electron chi connectivity index (χ4n) is 1.84. The lowest BCUT2D eigenvalue weighted by atomic mass is 10.1. The Labute approximate surface area is 132 Å². The van der Waals surface area contributed by atoms with Crippen LogP contribution < -0.4 is 0 Å². The highest BCUT2D eigenvalue weighted by Gasteiger charge is 2.20. The van der Waals surface area contributed by atoms with Gasteiger partial charge >= 0.3 is 0 Å². The van der Waals surface area contributed by atoms with E-state index in [0.717, 1.165) is 5.56 Å². The molecular formula is C15H12Cl3NO. The minimum absolute atomic E-state index is 0.184. The van der Waals surface area contributed by atoms with E-state index in [2.05, 4.69) is 0 Å². The van der Waals surface area contributed by atoms with Crippen LogP contribution in [0.15, 0.2) is 42.5 Å². The predicted octanol–water partition coefficient (Wildman–Crippen LogP) is 4.92. The fraction of sp³-hybridized carbons (Fsp3) is 0.133. The van der Waals surface area contributed by atoms with Crippen LogP contribution in [0.2, 0.25) is 15.1 Å². The molecule has 0 N–H and O–H groups in total. The zero-order valence-electron chi connectivity index (χ0n) is 10.7. The Kier molecular flexibility index (Phi) is 4.92. The van der Waals surface area contributed by atoms with E-state index in [1.165, 1.54) is 0 Å². The van der Waals surface area contributed by atoms with Gasteiger partial charge in [-0.3, -0.25) is 4.79 Å². The molecule has 1 amide bonds. The van der Waals surface area contributed by atoms with Gasteiger partial charge in [0.05, 0.1) is 20.6 Å². The first-order valence-electron chi connectivity index (χ1n) is 5.93. The Balaban J connectivity index is 2.26. The third kappa shape index (κ3) is 3.26. The topological polar surface area (TPSA) is 20.3 Å². The standard InChI is InChI=1S/C15H12Cl3NO/c1-19(9-10-5-3-2-4-6-10)15(20)13-11(16)7-8-12(17)14(13)18/h2-8H,9H2,1H3. The highest BCUT2D eigenvalue weighted by molar-refractivity contribution is 6.46. The monoisotopic (exact) mass is 327 g/mol. The van der Waals surface area contributed by atoms with Gasteiger partial charge in [-0.2, -0.15) is 0 Å². The Hall–Kier alpha value is -1.22. The van der Waals surface area contributed by atoms with Crippen molar-refractivity contribution in [2.45, 2.75) is 6.54 Å². The zero-order chi connectivity index (χ0) is 14.7. The van der Waals surface area contributed by atoms with Gasteiger partial charge in [0.1, 0.15) is 0 Å². The second kappa shape index (κ2) is 6.49. The number of hydrogen-bond donors (Lipinski definition) is 0. The van der Waals surface area contributed by atoms with Crippen LogP contribution >= 0.6 is 34.8 Å². The van der Waals surface area contributed by atoms with Crippen molar-refractivity contribution in [3.05, 3.63) is 68.7 Å². The van der Waals surface area contributed by atoms with Crippen molar-refractivity contribution >= 4 is 40.7 Å². The molecule has 104 valence electrons. The summed E-state index contributed by atoms with van der Waals surface area (Å²) in [5.74, 6) is -0.258. The number of carbonyl (C=O) groups excluding carboxylic acids is 1. The van der Waals surface area contributed by atoms with Crippen LogP contribution in [0.4, 0.5) is 0 Å². The summed E-state index contributed by atoms with van der Waals surface area (Å²) in [6, 6.07) is 12.8. The molecule has 0 atom stereocenters. The van der Waals surface area contributed by atoms with Crippen molar-refractivity contribution in [1.82, 2.24) is 4.90 Å². The van der Waals surface area contributed by atoms with Crippen LogP contribution in [0.25, 0.3) is 0 Å². The quantitative estimate of drug-likeness (QED) is 0.732. The molecule has 0 unspecified atom stereocenters. The van der Waals surface area contributed by atoms with E-state index in [4.69, 9.17) is 34.8 Å². The largest absolute Gasteiger partial charge is 0.337 e. The molecule has 0 spiro atoms. The smallest absolute Gasteiger partial charge is 0.256 e. The third-order valence-corrected chi connectivity index (χ3v) is 3.99. The molecule has 2 aromatic rings. The Bertz CT molecular complexity index is 629. The normalized spacial score (nSPS) is 10.4. The van der Waals surface area contributed by atoms with E-state index in [1.54, 1.807) is 24.1 Å². The molecule has 0 heterocycles. The lowest BCUT2D eigenvalue weighted by Gasteiger charge is -2.19. The summed E-state index contributed by atoms with van der Waals surface area (Å²) in [4.78, 5) is 14.0. The molecule has 2 nitrogen and oxygen atoms in total. The van der Waals surface area contributed by atoms with Gasteiger partial charge in [-0.1, -0.05) is 65.1 Å². The molecule has 0 bridgehead atoms. The van der Waals surface area contributed by atoms with Gasteiger partial charge in [0.25, 0.3) is 5.91 Å². The first-order chi connectivity index (χ1) is 9.50. The molecule has 0 aliphatic rings. The molecule has 0 aliphatic carbocycles. The van der Waals surface area contributed by atoms with E-state index in [-0.39, 0.29) is 16.5 Å². The Morgan fingerprint density at radius 2 is 1.60 bits per heavy atom. The van der Waals surface area contributed by atoms with Crippen molar-refractivity contribution in [2.75, 3.05) is 7.05 Å². The van der Waals surface area contributed by atoms with Crippen LogP contribution in [-0.2, 0) is 6.54 Å². The molecule has 0 fully saturated rings. The highest BCUT2D eigenvalue weighted by atomic mass is 35.5. The molecule has 5 heteroatoms. The van der Waals surface area contributed by atoms with Crippen molar-refractivity contribution in [3.8, 4) is 0 Å².